The minimum absolute atomic E-state index is 0.104. The fourth-order valence-corrected chi connectivity index (χ4v) is 3.80. The van der Waals surface area contributed by atoms with Crippen molar-refractivity contribution in [3.05, 3.63) is 84.1 Å². The lowest BCUT2D eigenvalue weighted by Gasteiger charge is -2.21. The SMILES string of the molecule is O=C(CCCl)N(Cc1ccc(OS(=O)(=O)c2ccc(F)cc2)cc1)Cc1ccco1. The van der Waals surface area contributed by atoms with Crippen molar-refractivity contribution in [2.75, 3.05) is 5.88 Å². The van der Waals surface area contributed by atoms with E-state index in [1.807, 2.05) is 0 Å². The zero-order chi connectivity index (χ0) is 21.6. The molecule has 0 unspecified atom stereocenters. The van der Waals surface area contributed by atoms with E-state index >= 15 is 0 Å². The Morgan fingerprint density at radius 3 is 2.33 bits per heavy atom. The van der Waals surface area contributed by atoms with Crippen LogP contribution in [-0.4, -0.2) is 25.1 Å². The molecule has 158 valence electrons. The quantitative estimate of drug-likeness (QED) is 0.357. The molecular weight excluding hydrogens is 433 g/mol. The Morgan fingerprint density at radius 1 is 1.03 bits per heavy atom. The molecule has 0 saturated heterocycles. The highest BCUT2D eigenvalue weighted by atomic mass is 35.5. The maximum Gasteiger partial charge on any atom is 0.339 e. The van der Waals surface area contributed by atoms with Crippen LogP contribution in [0.25, 0.3) is 0 Å². The number of nitrogens with zero attached hydrogens (tertiary/aromatic N) is 1. The second-order valence-corrected chi connectivity index (χ2v) is 8.33. The first-order valence-electron chi connectivity index (χ1n) is 9.02. The van der Waals surface area contributed by atoms with Gasteiger partial charge in [-0.25, -0.2) is 4.39 Å². The predicted molar refractivity (Wildman–Crippen MR) is 109 cm³/mol. The average molecular weight is 452 g/mol. The smallest absolute Gasteiger partial charge is 0.339 e. The van der Waals surface area contributed by atoms with E-state index in [4.69, 9.17) is 20.2 Å². The molecule has 6 nitrogen and oxygen atoms in total. The topological polar surface area (TPSA) is 76.8 Å². The van der Waals surface area contributed by atoms with Crippen molar-refractivity contribution in [1.29, 1.82) is 0 Å². The molecule has 2 aromatic carbocycles. The molecule has 0 bridgehead atoms. The van der Waals surface area contributed by atoms with Crippen molar-refractivity contribution in [2.24, 2.45) is 0 Å². The van der Waals surface area contributed by atoms with Gasteiger partial charge in [-0.15, -0.1) is 11.6 Å². The van der Waals surface area contributed by atoms with Crippen molar-refractivity contribution >= 4 is 27.6 Å². The third kappa shape index (κ3) is 5.84. The molecule has 0 N–H and O–H groups in total. The van der Waals surface area contributed by atoms with Gasteiger partial charge in [0.2, 0.25) is 5.91 Å². The summed E-state index contributed by atoms with van der Waals surface area (Å²) in [5.41, 5.74) is 0.774. The lowest BCUT2D eigenvalue weighted by molar-refractivity contribution is -0.132. The maximum atomic E-state index is 13.0. The summed E-state index contributed by atoms with van der Waals surface area (Å²) >= 11 is 5.70. The first kappa shape index (κ1) is 21.9. The van der Waals surface area contributed by atoms with Gasteiger partial charge in [0.25, 0.3) is 0 Å². The minimum Gasteiger partial charge on any atom is -0.467 e. The Labute approximate surface area is 179 Å². The molecule has 0 aliphatic heterocycles. The summed E-state index contributed by atoms with van der Waals surface area (Å²) < 4.78 is 48.0. The third-order valence-corrected chi connectivity index (χ3v) is 5.64. The molecule has 0 fully saturated rings. The molecule has 0 saturated carbocycles. The number of hydrogen-bond donors (Lipinski definition) is 0. The fourth-order valence-electron chi connectivity index (χ4n) is 2.71. The molecule has 3 aromatic rings. The highest BCUT2D eigenvalue weighted by Gasteiger charge is 2.18. The van der Waals surface area contributed by atoms with Gasteiger partial charge in [0, 0.05) is 18.8 Å². The van der Waals surface area contributed by atoms with Gasteiger partial charge in [0.1, 0.15) is 22.2 Å². The number of benzene rings is 2. The summed E-state index contributed by atoms with van der Waals surface area (Å²) in [7, 11) is -4.08. The normalized spacial score (nSPS) is 11.3. The van der Waals surface area contributed by atoms with Gasteiger partial charge in [-0.3, -0.25) is 4.79 Å². The molecule has 0 radical (unpaired) electrons. The van der Waals surface area contributed by atoms with Crippen LogP contribution in [0.4, 0.5) is 4.39 Å². The molecule has 0 aliphatic carbocycles. The first-order chi connectivity index (χ1) is 14.4. The summed E-state index contributed by atoms with van der Waals surface area (Å²) in [4.78, 5) is 13.8. The monoisotopic (exact) mass is 451 g/mol. The van der Waals surface area contributed by atoms with E-state index in [9.17, 15) is 17.6 Å². The summed E-state index contributed by atoms with van der Waals surface area (Å²) in [6, 6.07) is 14.2. The van der Waals surface area contributed by atoms with E-state index < -0.39 is 15.9 Å². The Balaban J connectivity index is 1.70. The second kappa shape index (κ2) is 9.77. The second-order valence-electron chi connectivity index (χ2n) is 6.40. The van der Waals surface area contributed by atoms with Crippen LogP contribution in [-0.2, 0) is 28.0 Å². The molecule has 0 aliphatic rings. The summed E-state index contributed by atoms with van der Waals surface area (Å²) in [5, 5.41) is 0. The third-order valence-electron chi connectivity index (χ3n) is 4.19. The van der Waals surface area contributed by atoms with Gasteiger partial charge in [0.15, 0.2) is 0 Å². The summed E-state index contributed by atoms with van der Waals surface area (Å²) in [6.45, 7) is 0.585. The van der Waals surface area contributed by atoms with Gasteiger partial charge in [-0.1, -0.05) is 12.1 Å². The molecule has 9 heteroatoms. The van der Waals surface area contributed by atoms with Crippen LogP contribution in [0.1, 0.15) is 17.7 Å². The van der Waals surface area contributed by atoms with Gasteiger partial charge in [-0.2, -0.15) is 8.42 Å². The van der Waals surface area contributed by atoms with E-state index in [2.05, 4.69) is 0 Å². The highest BCUT2D eigenvalue weighted by Crippen LogP contribution is 2.21. The van der Waals surface area contributed by atoms with Gasteiger partial charge in [-0.05, 0) is 54.1 Å². The summed E-state index contributed by atoms with van der Waals surface area (Å²) in [5.74, 6) is 0.291. The number of amides is 1. The minimum atomic E-state index is -4.08. The Hall–Kier alpha value is -2.84. The number of halogens is 2. The average Bonchev–Trinajstić information content (AvgIpc) is 3.22. The number of carbonyl (C=O) groups excluding carboxylic acids is 1. The Morgan fingerprint density at radius 2 is 1.73 bits per heavy atom. The Kier molecular flexibility index (Phi) is 7.12. The summed E-state index contributed by atoms with van der Waals surface area (Å²) in [6.07, 6.45) is 1.73. The van der Waals surface area contributed by atoms with Gasteiger partial charge in [0.05, 0.1) is 12.8 Å². The van der Waals surface area contributed by atoms with Crippen LogP contribution in [0.5, 0.6) is 5.75 Å². The maximum absolute atomic E-state index is 13.0. The van der Waals surface area contributed by atoms with E-state index in [0.717, 1.165) is 29.8 Å². The Bertz CT molecular complexity index is 1070. The molecule has 0 atom stereocenters. The standard InChI is InChI=1S/C21H19ClFNO5S/c22-12-11-21(25)24(15-19-2-1-13-28-19)14-16-3-7-18(8-4-16)29-30(26,27)20-9-5-17(23)6-10-20/h1-10,13H,11-12,14-15H2. The van der Waals surface area contributed by atoms with E-state index in [0.29, 0.717) is 18.8 Å². The van der Waals surface area contributed by atoms with E-state index in [1.54, 1.807) is 29.2 Å². The molecule has 0 spiro atoms. The number of carbonyl (C=O) groups is 1. The molecule has 3 rings (SSSR count). The van der Waals surface area contributed by atoms with Crippen molar-refractivity contribution < 1.29 is 26.2 Å². The largest absolute Gasteiger partial charge is 0.467 e. The number of alkyl halides is 1. The van der Waals surface area contributed by atoms with Crippen molar-refractivity contribution in [1.82, 2.24) is 4.90 Å². The van der Waals surface area contributed by atoms with Gasteiger partial charge >= 0.3 is 10.1 Å². The molecular formula is C21H19ClFNO5S. The lowest BCUT2D eigenvalue weighted by atomic mass is 10.2. The molecule has 1 aromatic heterocycles. The number of rotatable bonds is 9. The van der Waals surface area contributed by atoms with Crippen LogP contribution in [0.3, 0.4) is 0 Å². The molecule has 30 heavy (non-hydrogen) atoms. The first-order valence-corrected chi connectivity index (χ1v) is 11.0. The number of furan rings is 1. The van der Waals surface area contributed by atoms with Crippen LogP contribution in [0.2, 0.25) is 0 Å². The molecule has 1 heterocycles. The predicted octanol–water partition coefficient (Wildman–Crippen LogP) is 4.34. The van der Waals surface area contributed by atoms with Crippen LogP contribution in [0, 0.1) is 5.82 Å². The zero-order valence-electron chi connectivity index (χ0n) is 15.8. The zero-order valence-corrected chi connectivity index (χ0v) is 17.4. The van der Waals surface area contributed by atoms with Gasteiger partial charge < -0.3 is 13.5 Å². The van der Waals surface area contributed by atoms with Crippen LogP contribution < -0.4 is 4.18 Å². The van der Waals surface area contributed by atoms with Crippen molar-refractivity contribution in [2.45, 2.75) is 24.4 Å². The molecule has 1 amide bonds. The van der Waals surface area contributed by atoms with Crippen molar-refractivity contribution in [3.8, 4) is 5.75 Å². The number of hydrogen-bond acceptors (Lipinski definition) is 5. The van der Waals surface area contributed by atoms with Crippen molar-refractivity contribution in [3.63, 3.8) is 0 Å². The fraction of sp³-hybridized carbons (Fsp3) is 0.190. The van der Waals surface area contributed by atoms with Crippen LogP contribution >= 0.6 is 11.6 Å². The highest BCUT2D eigenvalue weighted by molar-refractivity contribution is 7.87. The van der Waals surface area contributed by atoms with E-state index in [1.165, 1.54) is 18.4 Å². The lowest BCUT2D eigenvalue weighted by Crippen LogP contribution is -2.30. The van der Waals surface area contributed by atoms with Crippen LogP contribution in [0.15, 0.2) is 76.2 Å². The van der Waals surface area contributed by atoms with E-state index in [-0.39, 0.29) is 28.9 Å².